The molecule has 3 saturated carbocycles. The minimum atomic E-state index is -1.02. The average Bonchev–Trinajstić information content (AvgIpc) is 3.55. The molecule has 0 bridgehead atoms. The van der Waals surface area contributed by atoms with E-state index in [1.165, 1.54) is 10.5 Å². The van der Waals surface area contributed by atoms with Gasteiger partial charge < -0.3 is 25.3 Å². The number of hydrogen-bond acceptors (Lipinski definition) is 6. The summed E-state index contributed by atoms with van der Waals surface area (Å²) >= 11 is 0. The molecule has 0 aromatic rings. The number of nitrogens with one attached hydrogen (secondary N) is 1. The molecule has 9 heteroatoms. The van der Waals surface area contributed by atoms with Crippen LogP contribution in [0.1, 0.15) is 91.9 Å². The van der Waals surface area contributed by atoms with Crippen LogP contribution in [0.2, 0.25) is 0 Å². The lowest BCUT2D eigenvalue weighted by Crippen LogP contribution is -2.54. The molecule has 2 amide bonds. The zero-order chi connectivity index (χ0) is 30.4. The summed E-state index contributed by atoms with van der Waals surface area (Å²) in [6.07, 6.45) is 16.6. The molecule has 230 valence electrons. The summed E-state index contributed by atoms with van der Waals surface area (Å²) in [5, 5.41) is 27.7. The number of aliphatic carboxylic acids is 1. The molecule has 0 unspecified atom stereocenters. The van der Waals surface area contributed by atoms with Crippen molar-refractivity contribution in [3.05, 3.63) is 11.6 Å². The van der Waals surface area contributed by atoms with Crippen molar-refractivity contribution in [3.8, 4) is 12.3 Å². The van der Waals surface area contributed by atoms with Crippen LogP contribution in [-0.4, -0.2) is 69.4 Å². The fourth-order valence-corrected chi connectivity index (χ4v) is 9.26. The Kier molecular flexibility index (Phi) is 8.25. The number of nitrogens with zero attached hydrogens (tertiary/aromatic N) is 2. The quantitative estimate of drug-likeness (QED) is 0.309. The van der Waals surface area contributed by atoms with Crippen LogP contribution in [-0.2, 0) is 19.2 Å². The fraction of sp³-hybridized carbons (Fsp3) is 0.758. The summed E-state index contributed by atoms with van der Waals surface area (Å²) in [4.78, 5) is 44.2. The second-order valence-electron chi connectivity index (χ2n) is 14.2. The van der Waals surface area contributed by atoms with Crippen molar-refractivity contribution < 1.29 is 29.4 Å². The first kappa shape index (κ1) is 30.6. The molecule has 1 aliphatic heterocycles. The molecule has 42 heavy (non-hydrogen) atoms. The van der Waals surface area contributed by atoms with Crippen LogP contribution < -0.4 is 5.32 Å². The summed E-state index contributed by atoms with van der Waals surface area (Å²) in [6.45, 7) is 8.32. The standard InChI is InChI=1S/C33H47N3O6/c1-6-33(41)16-13-25-23-10-9-21-18-22(11-14-31(21,4)24(23)12-15-32(25,33)5)35-42-19-27(37)34-28(20(2)3)29(38)36-17-7-8-26(36)30(39)40/h1,18,20,23-26,28,41H,7-17,19H2,2-5H3,(H,34,37)(H,39,40)/b35-22-/t23-,24+,25+,26+,28+,31+,32+,33-/m1/s1. The molecule has 1 heterocycles. The van der Waals surface area contributed by atoms with Gasteiger partial charge in [-0.15, -0.1) is 6.42 Å². The highest BCUT2D eigenvalue weighted by Crippen LogP contribution is 2.67. The molecule has 5 rings (SSSR count). The number of carbonyl (C=O) groups excluding carboxylic acids is 2. The Balaban J connectivity index is 1.19. The van der Waals surface area contributed by atoms with E-state index < -0.39 is 29.6 Å². The van der Waals surface area contributed by atoms with Crippen molar-refractivity contribution in [2.45, 2.75) is 110 Å². The lowest BCUT2D eigenvalue weighted by molar-refractivity contribution is -0.150. The van der Waals surface area contributed by atoms with Gasteiger partial charge >= 0.3 is 5.97 Å². The Labute approximate surface area is 249 Å². The zero-order valence-electron chi connectivity index (χ0n) is 25.5. The average molecular weight is 582 g/mol. The first-order valence-electron chi connectivity index (χ1n) is 15.8. The predicted octanol–water partition coefficient (Wildman–Crippen LogP) is 3.90. The molecular weight excluding hydrogens is 534 g/mol. The van der Waals surface area contributed by atoms with Gasteiger partial charge in [0.25, 0.3) is 5.91 Å². The molecule has 4 fully saturated rings. The van der Waals surface area contributed by atoms with Gasteiger partial charge in [-0.2, -0.15) is 0 Å². The number of carboxylic acids is 1. The van der Waals surface area contributed by atoms with E-state index in [-0.39, 0.29) is 29.3 Å². The maximum atomic E-state index is 13.1. The number of fused-ring (bicyclic) bond motifs is 5. The Hall–Kier alpha value is -2.86. The molecule has 5 aliphatic rings. The molecule has 0 aromatic carbocycles. The van der Waals surface area contributed by atoms with Crippen molar-refractivity contribution in [2.75, 3.05) is 13.2 Å². The maximum Gasteiger partial charge on any atom is 0.326 e. The Bertz CT molecular complexity index is 1220. The third-order valence-electron chi connectivity index (χ3n) is 11.8. The fourth-order valence-electron chi connectivity index (χ4n) is 9.26. The number of aliphatic hydroxyl groups is 1. The normalized spacial score (nSPS) is 39.0. The van der Waals surface area contributed by atoms with Gasteiger partial charge in [-0.3, -0.25) is 9.59 Å². The number of rotatable bonds is 7. The van der Waals surface area contributed by atoms with Crippen molar-refractivity contribution >= 4 is 23.5 Å². The third kappa shape index (κ3) is 5.04. The van der Waals surface area contributed by atoms with Gasteiger partial charge in [0.1, 0.15) is 17.7 Å². The molecule has 0 radical (unpaired) electrons. The van der Waals surface area contributed by atoms with Crippen LogP contribution in [0.15, 0.2) is 16.8 Å². The highest BCUT2D eigenvalue weighted by atomic mass is 16.6. The number of likely N-dealkylation sites (tertiary alicyclic amines) is 1. The summed E-state index contributed by atoms with van der Waals surface area (Å²) in [5.41, 5.74) is 1.12. The largest absolute Gasteiger partial charge is 0.480 e. The van der Waals surface area contributed by atoms with E-state index in [9.17, 15) is 24.6 Å². The van der Waals surface area contributed by atoms with E-state index >= 15 is 0 Å². The van der Waals surface area contributed by atoms with Gasteiger partial charge in [-0.05, 0) is 99.4 Å². The van der Waals surface area contributed by atoms with Crippen molar-refractivity contribution in [1.29, 1.82) is 0 Å². The number of carbonyl (C=O) groups is 3. The highest BCUT2D eigenvalue weighted by Gasteiger charge is 2.63. The Morgan fingerprint density at radius 1 is 1.14 bits per heavy atom. The van der Waals surface area contributed by atoms with E-state index in [0.717, 1.165) is 50.7 Å². The molecule has 3 N–H and O–H groups in total. The Morgan fingerprint density at radius 2 is 1.88 bits per heavy atom. The molecule has 8 atom stereocenters. The van der Waals surface area contributed by atoms with Crippen LogP contribution in [0.5, 0.6) is 0 Å². The van der Waals surface area contributed by atoms with Gasteiger partial charge in [-0.1, -0.05) is 44.3 Å². The van der Waals surface area contributed by atoms with Crippen molar-refractivity contribution in [2.24, 2.45) is 39.7 Å². The molecule has 0 spiro atoms. The summed E-state index contributed by atoms with van der Waals surface area (Å²) in [7, 11) is 0. The Morgan fingerprint density at radius 3 is 2.57 bits per heavy atom. The number of allylic oxidation sites excluding steroid dienone is 2. The monoisotopic (exact) mass is 581 g/mol. The highest BCUT2D eigenvalue weighted by molar-refractivity contribution is 5.96. The van der Waals surface area contributed by atoms with Crippen molar-refractivity contribution in [1.82, 2.24) is 10.2 Å². The smallest absolute Gasteiger partial charge is 0.326 e. The van der Waals surface area contributed by atoms with Crippen LogP contribution in [0, 0.1) is 46.8 Å². The van der Waals surface area contributed by atoms with E-state index in [1.807, 2.05) is 13.8 Å². The number of carboxylic acid groups (broad SMARTS) is 1. The topological polar surface area (TPSA) is 129 Å². The summed E-state index contributed by atoms with van der Waals surface area (Å²) < 4.78 is 0. The number of hydrogen-bond donors (Lipinski definition) is 3. The zero-order valence-corrected chi connectivity index (χ0v) is 25.5. The minimum Gasteiger partial charge on any atom is -0.480 e. The summed E-state index contributed by atoms with van der Waals surface area (Å²) in [5.74, 6) is 2.29. The van der Waals surface area contributed by atoms with Crippen LogP contribution in [0.4, 0.5) is 0 Å². The van der Waals surface area contributed by atoms with E-state index in [4.69, 9.17) is 11.3 Å². The molecular formula is C33H47N3O6. The number of amides is 2. The van der Waals surface area contributed by atoms with Crippen LogP contribution >= 0.6 is 0 Å². The van der Waals surface area contributed by atoms with Gasteiger partial charge in [0.15, 0.2) is 6.61 Å². The van der Waals surface area contributed by atoms with Crippen LogP contribution in [0.3, 0.4) is 0 Å². The molecule has 9 nitrogen and oxygen atoms in total. The number of terminal acetylenes is 1. The minimum absolute atomic E-state index is 0.0890. The van der Waals surface area contributed by atoms with Crippen molar-refractivity contribution in [3.63, 3.8) is 0 Å². The van der Waals surface area contributed by atoms with Gasteiger partial charge in [0.05, 0.1) is 5.71 Å². The molecule has 1 saturated heterocycles. The van der Waals surface area contributed by atoms with E-state index in [1.54, 1.807) is 0 Å². The lowest BCUT2D eigenvalue weighted by Gasteiger charge is -2.58. The SMILES string of the molecule is C#C[C@@]1(O)CC[C@H]2[C@@H]3CCC4=C/C(=N\OCC(=O)N[C@H](C(=O)N5CCC[C@H]5C(=O)O)C(C)C)CC[C@]4(C)[C@H]3CC[C@@]21C. The summed E-state index contributed by atoms with van der Waals surface area (Å²) in [6, 6.07) is -1.67. The molecule has 4 aliphatic carbocycles. The van der Waals surface area contributed by atoms with Gasteiger partial charge in [0, 0.05) is 12.0 Å². The predicted molar refractivity (Wildman–Crippen MR) is 158 cm³/mol. The first-order valence-corrected chi connectivity index (χ1v) is 15.8. The van der Waals surface area contributed by atoms with E-state index in [0.29, 0.717) is 43.6 Å². The molecule has 0 aromatic heterocycles. The lowest BCUT2D eigenvalue weighted by atomic mass is 9.46. The van der Waals surface area contributed by atoms with Gasteiger partial charge in [-0.25, -0.2) is 4.79 Å². The first-order chi connectivity index (χ1) is 19.8. The van der Waals surface area contributed by atoms with Gasteiger partial charge in [0.2, 0.25) is 5.91 Å². The van der Waals surface area contributed by atoms with Crippen LogP contribution in [0.25, 0.3) is 0 Å². The third-order valence-corrected chi connectivity index (χ3v) is 11.8. The van der Waals surface area contributed by atoms with E-state index in [2.05, 4.69) is 36.3 Å². The number of oxime groups is 1. The maximum absolute atomic E-state index is 13.1. The second-order valence-corrected chi connectivity index (χ2v) is 14.2. The second kappa shape index (κ2) is 11.3.